The van der Waals surface area contributed by atoms with Crippen LogP contribution in [0.15, 0.2) is 42.6 Å². The van der Waals surface area contributed by atoms with Gasteiger partial charge in [-0.1, -0.05) is 24.3 Å². The number of methoxy groups -OCH3 is 1. The minimum Gasteiger partial charge on any atom is -0.493 e. The summed E-state index contributed by atoms with van der Waals surface area (Å²) in [7, 11) is 3.09. The summed E-state index contributed by atoms with van der Waals surface area (Å²) in [5.74, 6) is -0.409. The smallest absolute Gasteiger partial charge is 0.414 e. The molecule has 3 aliphatic heterocycles. The Morgan fingerprint density at radius 2 is 1.86 bits per heavy atom. The van der Waals surface area contributed by atoms with Gasteiger partial charge in [-0.2, -0.15) is 0 Å². The summed E-state index contributed by atoms with van der Waals surface area (Å²) in [6.45, 7) is 2.96. The third kappa shape index (κ3) is 7.94. The number of hydrogen-bond donors (Lipinski definition) is 2. The summed E-state index contributed by atoms with van der Waals surface area (Å²) in [6, 6.07) is 9.80. The zero-order chi connectivity index (χ0) is 36.1. The SMILES string of the molecule is CCOC(=O)c1nc(NC(=O)Cc2cccc(COc3cc4c(cc3OC)C(=O)N3CCCC[C@H]3[C@H](OC3CCCCO3)N4C(=O)O)c2)cn1C. The van der Waals surface area contributed by atoms with Crippen molar-refractivity contribution in [1.82, 2.24) is 14.5 Å². The summed E-state index contributed by atoms with van der Waals surface area (Å²) in [5.41, 5.74) is 1.76. The molecular weight excluding hydrogens is 662 g/mol. The van der Waals surface area contributed by atoms with E-state index in [1.807, 2.05) is 12.1 Å². The van der Waals surface area contributed by atoms with Gasteiger partial charge < -0.3 is 43.6 Å². The number of nitrogens with zero attached hydrogens (tertiary/aromatic N) is 4. The molecule has 3 atom stereocenters. The molecular formula is C36H43N5O10. The summed E-state index contributed by atoms with van der Waals surface area (Å²) in [5, 5.41) is 13.3. The molecule has 2 N–H and O–H groups in total. The number of carboxylic acid groups (broad SMARTS) is 1. The van der Waals surface area contributed by atoms with Gasteiger partial charge in [-0.15, -0.1) is 0 Å². The number of nitrogens with one attached hydrogen (secondary N) is 1. The lowest BCUT2D eigenvalue weighted by atomic mass is 10.00. The Bertz CT molecular complexity index is 1770. The van der Waals surface area contributed by atoms with E-state index >= 15 is 0 Å². The molecule has 272 valence electrons. The number of ether oxygens (including phenoxy) is 5. The van der Waals surface area contributed by atoms with Gasteiger partial charge in [-0.25, -0.2) is 19.5 Å². The number of aromatic nitrogens is 2. The molecule has 6 rings (SSSR count). The van der Waals surface area contributed by atoms with Gasteiger partial charge in [0.25, 0.3) is 5.91 Å². The number of imidazole rings is 1. The van der Waals surface area contributed by atoms with E-state index in [0.29, 0.717) is 31.6 Å². The first-order chi connectivity index (χ1) is 24.7. The Balaban J connectivity index is 1.21. The Morgan fingerprint density at radius 3 is 2.61 bits per heavy atom. The second-order valence-electron chi connectivity index (χ2n) is 12.7. The van der Waals surface area contributed by atoms with Crippen LogP contribution < -0.4 is 19.7 Å². The molecule has 3 aromatic rings. The number of carbonyl (C=O) groups excluding carboxylic acids is 3. The first-order valence-electron chi connectivity index (χ1n) is 17.2. The molecule has 0 radical (unpaired) electrons. The van der Waals surface area contributed by atoms with E-state index in [9.17, 15) is 24.3 Å². The number of carbonyl (C=O) groups is 4. The fourth-order valence-corrected chi connectivity index (χ4v) is 6.77. The number of esters is 1. The summed E-state index contributed by atoms with van der Waals surface area (Å²) >= 11 is 0. The molecule has 2 fully saturated rings. The molecule has 4 heterocycles. The molecule has 3 aliphatic rings. The van der Waals surface area contributed by atoms with E-state index < -0.39 is 30.6 Å². The standard InChI is InChI=1S/C36H43N5O10/c1-4-48-35(44)32-38-29(20-39(32)2)37-30(42)17-22-10-9-11-23(16-22)21-50-28-19-26-24(18-27(28)47-3)33(43)40-14-7-5-12-25(40)34(41(26)36(45)46)51-31-13-6-8-15-49-31/h9-11,16,18-20,25,31,34H,4-8,12-15,17,21H2,1-3H3,(H,37,42)(H,45,46)/t25-,31?,34-/m0/s1. The van der Waals surface area contributed by atoms with Gasteiger partial charge in [0.1, 0.15) is 6.61 Å². The van der Waals surface area contributed by atoms with Crippen LogP contribution in [0.5, 0.6) is 11.5 Å². The molecule has 0 spiro atoms. The van der Waals surface area contributed by atoms with Crippen molar-refractivity contribution in [2.75, 3.05) is 37.1 Å². The first-order valence-corrected chi connectivity index (χ1v) is 17.2. The molecule has 0 aliphatic carbocycles. The highest BCUT2D eigenvalue weighted by Crippen LogP contribution is 2.42. The number of benzene rings is 2. The maximum absolute atomic E-state index is 14.0. The Labute approximate surface area is 295 Å². The summed E-state index contributed by atoms with van der Waals surface area (Å²) in [6.07, 6.45) is 3.40. The third-order valence-electron chi connectivity index (χ3n) is 9.15. The van der Waals surface area contributed by atoms with E-state index in [4.69, 9.17) is 23.7 Å². The van der Waals surface area contributed by atoms with Crippen molar-refractivity contribution in [2.45, 2.75) is 77.0 Å². The average Bonchev–Trinajstić information content (AvgIpc) is 3.45. The van der Waals surface area contributed by atoms with Crippen molar-refractivity contribution in [3.05, 3.63) is 65.1 Å². The number of rotatable bonds is 11. The molecule has 3 amide bonds. The van der Waals surface area contributed by atoms with Crippen molar-refractivity contribution in [2.24, 2.45) is 7.05 Å². The maximum atomic E-state index is 14.0. The van der Waals surface area contributed by atoms with E-state index in [1.54, 1.807) is 31.0 Å². The molecule has 2 aromatic carbocycles. The number of aryl methyl sites for hydroxylation is 1. The highest BCUT2D eigenvalue weighted by atomic mass is 16.7. The van der Waals surface area contributed by atoms with Crippen LogP contribution in [0.25, 0.3) is 0 Å². The highest BCUT2D eigenvalue weighted by molar-refractivity contribution is 6.05. The third-order valence-corrected chi connectivity index (χ3v) is 9.15. The van der Waals surface area contributed by atoms with Crippen LogP contribution in [0.3, 0.4) is 0 Å². The van der Waals surface area contributed by atoms with Crippen molar-refractivity contribution in [3.8, 4) is 11.5 Å². The highest BCUT2D eigenvalue weighted by Gasteiger charge is 2.46. The average molecular weight is 706 g/mol. The fraction of sp³-hybridized carbons (Fsp3) is 0.472. The van der Waals surface area contributed by atoms with Gasteiger partial charge in [0, 0.05) is 32.5 Å². The molecule has 1 unspecified atom stereocenters. The minimum atomic E-state index is -1.26. The minimum absolute atomic E-state index is 0.0285. The monoisotopic (exact) mass is 705 g/mol. The van der Waals surface area contributed by atoms with Crippen LogP contribution >= 0.6 is 0 Å². The van der Waals surface area contributed by atoms with Gasteiger partial charge in [-0.3, -0.25) is 9.59 Å². The normalized spacial score (nSPS) is 20.1. The number of amides is 3. The van der Waals surface area contributed by atoms with Crippen molar-refractivity contribution >= 4 is 35.4 Å². The summed E-state index contributed by atoms with van der Waals surface area (Å²) < 4.78 is 30.6. The Morgan fingerprint density at radius 1 is 1.06 bits per heavy atom. The molecule has 1 aromatic heterocycles. The number of hydrogen-bond acceptors (Lipinski definition) is 10. The van der Waals surface area contributed by atoms with Gasteiger partial charge in [0.15, 0.2) is 29.8 Å². The second-order valence-corrected chi connectivity index (χ2v) is 12.7. The predicted molar refractivity (Wildman–Crippen MR) is 183 cm³/mol. The topological polar surface area (TPSA) is 171 Å². The van der Waals surface area contributed by atoms with E-state index in [-0.39, 0.29) is 65.8 Å². The van der Waals surface area contributed by atoms with Crippen molar-refractivity contribution in [1.29, 1.82) is 0 Å². The van der Waals surface area contributed by atoms with Crippen LogP contribution in [0.2, 0.25) is 0 Å². The Hall–Kier alpha value is -5.15. The zero-order valence-corrected chi connectivity index (χ0v) is 29.0. The van der Waals surface area contributed by atoms with Crippen LogP contribution in [0.4, 0.5) is 16.3 Å². The van der Waals surface area contributed by atoms with Gasteiger partial charge in [0.2, 0.25) is 11.7 Å². The first kappa shape index (κ1) is 35.7. The summed E-state index contributed by atoms with van der Waals surface area (Å²) in [4.78, 5) is 59.0. The maximum Gasteiger partial charge on any atom is 0.414 e. The fourth-order valence-electron chi connectivity index (χ4n) is 6.77. The van der Waals surface area contributed by atoms with Gasteiger partial charge in [-0.05, 0) is 62.6 Å². The van der Waals surface area contributed by atoms with Crippen LogP contribution in [0, 0.1) is 0 Å². The van der Waals surface area contributed by atoms with Crippen LogP contribution in [-0.2, 0) is 39.1 Å². The molecule has 15 nitrogen and oxygen atoms in total. The molecule has 0 saturated carbocycles. The van der Waals surface area contributed by atoms with Gasteiger partial charge >= 0.3 is 12.1 Å². The molecule has 0 bridgehead atoms. The van der Waals surface area contributed by atoms with Crippen molar-refractivity contribution in [3.63, 3.8) is 0 Å². The van der Waals surface area contributed by atoms with E-state index in [1.165, 1.54) is 30.0 Å². The number of piperidine rings is 1. The van der Waals surface area contributed by atoms with Crippen LogP contribution in [0.1, 0.15) is 77.6 Å². The molecule has 51 heavy (non-hydrogen) atoms. The lowest BCUT2D eigenvalue weighted by molar-refractivity contribution is -0.198. The van der Waals surface area contributed by atoms with Gasteiger partial charge in [0.05, 0.1) is 37.4 Å². The van der Waals surface area contributed by atoms with E-state index in [0.717, 1.165) is 36.1 Å². The molecule has 15 heteroatoms. The molecule has 2 saturated heterocycles. The lowest BCUT2D eigenvalue weighted by Gasteiger charge is -2.42. The zero-order valence-electron chi connectivity index (χ0n) is 29.0. The quantitative estimate of drug-likeness (QED) is 0.265. The number of fused-ring (bicyclic) bond motifs is 2. The van der Waals surface area contributed by atoms with E-state index in [2.05, 4.69) is 10.3 Å². The number of anilines is 2. The Kier molecular flexibility index (Phi) is 11.1. The van der Waals surface area contributed by atoms with Crippen LogP contribution in [-0.4, -0.2) is 88.9 Å². The second kappa shape index (κ2) is 15.8. The largest absolute Gasteiger partial charge is 0.493 e. The predicted octanol–water partition coefficient (Wildman–Crippen LogP) is 4.73. The van der Waals surface area contributed by atoms with Crippen molar-refractivity contribution < 1.29 is 48.0 Å². The lowest BCUT2D eigenvalue weighted by Crippen LogP contribution is -2.57.